The SMILES string of the molecule is Cc1ccc(-n2nc(C)c(-c3ccccc3)c2NC(=O)CN(CC(C)C)C(=O)c2ccc(Cl)cc2)cc1. The normalized spacial score (nSPS) is 11.0. The largest absolute Gasteiger partial charge is 0.329 e. The quantitative estimate of drug-likeness (QED) is 0.290. The number of benzene rings is 3. The molecular weight excluding hydrogens is 484 g/mol. The zero-order valence-corrected chi connectivity index (χ0v) is 22.3. The second kappa shape index (κ2) is 11.4. The summed E-state index contributed by atoms with van der Waals surface area (Å²) in [7, 11) is 0. The van der Waals surface area contributed by atoms with Crippen molar-refractivity contribution in [2.75, 3.05) is 18.4 Å². The first-order valence-electron chi connectivity index (χ1n) is 12.3. The monoisotopic (exact) mass is 514 g/mol. The van der Waals surface area contributed by atoms with Gasteiger partial charge in [-0.25, -0.2) is 4.68 Å². The molecule has 0 atom stereocenters. The molecule has 0 saturated carbocycles. The molecule has 1 N–H and O–H groups in total. The van der Waals surface area contributed by atoms with Crippen LogP contribution in [0.3, 0.4) is 0 Å². The second-order valence-corrected chi connectivity index (χ2v) is 9.99. The molecule has 0 aliphatic carbocycles. The minimum atomic E-state index is -0.298. The van der Waals surface area contributed by atoms with Crippen molar-refractivity contribution in [3.63, 3.8) is 0 Å². The van der Waals surface area contributed by atoms with Gasteiger partial charge in [0.2, 0.25) is 5.91 Å². The van der Waals surface area contributed by atoms with E-state index < -0.39 is 0 Å². The molecule has 0 unspecified atom stereocenters. The van der Waals surface area contributed by atoms with Crippen molar-refractivity contribution in [1.82, 2.24) is 14.7 Å². The summed E-state index contributed by atoms with van der Waals surface area (Å²) in [5.41, 5.74) is 5.04. The Balaban J connectivity index is 1.68. The lowest BCUT2D eigenvalue weighted by molar-refractivity contribution is -0.117. The average Bonchev–Trinajstić information content (AvgIpc) is 3.19. The topological polar surface area (TPSA) is 67.2 Å². The van der Waals surface area contributed by atoms with Gasteiger partial charge in [0.05, 0.1) is 11.4 Å². The van der Waals surface area contributed by atoms with Crippen LogP contribution in [0.2, 0.25) is 5.02 Å². The van der Waals surface area contributed by atoms with Gasteiger partial charge >= 0.3 is 0 Å². The van der Waals surface area contributed by atoms with E-state index in [1.807, 2.05) is 82.3 Å². The summed E-state index contributed by atoms with van der Waals surface area (Å²) in [5.74, 6) is 0.241. The third-order valence-corrected chi connectivity index (χ3v) is 6.21. The van der Waals surface area contributed by atoms with Gasteiger partial charge in [0.15, 0.2) is 0 Å². The van der Waals surface area contributed by atoms with Crippen molar-refractivity contribution >= 4 is 29.2 Å². The molecule has 0 spiro atoms. The van der Waals surface area contributed by atoms with E-state index in [2.05, 4.69) is 5.32 Å². The molecular formula is C30H31ClN4O2. The fourth-order valence-corrected chi connectivity index (χ4v) is 4.37. The van der Waals surface area contributed by atoms with Crippen LogP contribution in [0.15, 0.2) is 78.9 Å². The summed E-state index contributed by atoms with van der Waals surface area (Å²) in [5, 5.41) is 8.40. The molecule has 1 heterocycles. The Labute approximate surface area is 222 Å². The molecule has 7 heteroatoms. The smallest absolute Gasteiger partial charge is 0.254 e. The number of nitrogens with one attached hydrogen (secondary N) is 1. The summed E-state index contributed by atoms with van der Waals surface area (Å²) in [4.78, 5) is 28.3. The van der Waals surface area contributed by atoms with Gasteiger partial charge in [-0.05, 0) is 61.7 Å². The summed E-state index contributed by atoms with van der Waals surface area (Å²) in [6.45, 7) is 8.34. The van der Waals surface area contributed by atoms with Crippen molar-refractivity contribution < 1.29 is 9.59 Å². The van der Waals surface area contributed by atoms with Crippen LogP contribution in [0, 0.1) is 19.8 Å². The van der Waals surface area contributed by atoms with Crippen molar-refractivity contribution in [3.05, 3.63) is 101 Å². The fraction of sp³-hybridized carbons (Fsp3) is 0.233. The number of carbonyl (C=O) groups excluding carboxylic acids is 2. The third-order valence-electron chi connectivity index (χ3n) is 5.96. The van der Waals surface area contributed by atoms with Gasteiger partial charge in [0, 0.05) is 22.7 Å². The highest BCUT2D eigenvalue weighted by Gasteiger charge is 2.24. The highest BCUT2D eigenvalue weighted by Crippen LogP contribution is 2.33. The number of halogens is 1. The van der Waals surface area contributed by atoms with Crippen LogP contribution in [-0.4, -0.2) is 39.6 Å². The molecule has 0 aliphatic heterocycles. The third kappa shape index (κ3) is 6.27. The maximum atomic E-state index is 13.5. The number of hydrogen-bond donors (Lipinski definition) is 1. The lowest BCUT2D eigenvalue weighted by Gasteiger charge is -2.24. The van der Waals surface area contributed by atoms with Crippen LogP contribution >= 0.6 is 11.6 Å². The number of carbonyl (C=O) groups is 2. The number of rotatable bonds is 8. The lowest BCUT2D eigenvalue weighted by Crippen LogP contribution is -2.40. The first kappa shape index (κ1) is 26.2. The van der Waals surface area contributed by atoms with Crippen LogP contribution < -0.4 is 5.32 Å². The van der Waals surface area contributed by atoms with Crippen LogP contribution in [0.4, 0.5) is 5.82 Å². The maximum absolute atomic E-state index is 13.5. The second-order valence-electron chi connectivity index (χ2n) is 9.56. The van der Waals surface area contributed by atoms with Crippen molar-refractivity contribution in [2.24, 2.45) is 5.92 Å². The van der Waals surface area contributed by atoms with Gasteiger partial charge in [0.1, 0.15) is 12.4 Å². The van der Waals surface area contributed by atoms with E-state index >= 15 is 0 Å². The molecule has 0 aliphatic rings. The molecule has 6 nitrogen and oxygen atoms in total. The molecule has 0 fully saturated rings. The predicted molar refractivity (Wildman–Crippen MR) is 149 cm³/mol. The fourth-order valence-electron chi connectivity index (χ4n) is 4.25. The van der Waals surface area contributed by atoms with Crippen LogP contribution in [0.25, 0.3) is 16.8 Å². The lowest BCUT2D eigenvalue weighted by atomic mass is 10.1. The van der Waals surface area contributed by atoms with E-state index in [0.717, 1.165) is 28.1 Å². The van der Waals surface area contributed by atoms with Gasteiger partial charge in [-0.15, -0.1) is 0 Å². The highest BCUT2D eigenvalue weighted by molar-refractivity contribution is 6.30. The molecule has 0 saturated heterocycles. The number of aryl methyl sites for hydroxylation is 2. The first-order valence-corrected chi connectivity index (χ1v) is 12.7. The Hall–Kier alpha value is -3.90. The van der Waals surface area contributed by atoms with Crippen molar-refractivity contribution in [1.29, 1.82) is 0 Å². The minimum absolute atomic E-state index is 0.0913. The van der Waals surface area contributed by atoms with Crippen LogP contribution in [-0.2, 0) is 4.79 Å². The minimum Gasteiger partial charge on any atom is -0.329 e. The Kier molecular flexibility index (Phi) is 8.09. The number of nitrogens with zero attached hydrogens (tertiary/aromatic N) is 3. The Morgan fingerprint density at radius 2 is 1.59 bits per heavy atom. The molecule has 0 bridgehead atoms. The summed E-state index contributed by atoms with van der Waals surface area (Å²) >= 11 is 6.00. The standard InChI is InChI=1S/C30H31ClN4O2/c1-20(2)18-34(30(37)24-12-14-25(31)15-13-24)19-27(36)32-29-28(23-8-6-5-7-9-23)22(4)33-35(29)26-16-10-21(3)11-17-26/h5-17,20H,18-19H2,1-4H3,(H,32,36). The maximum Gasteiger partial charge on any atom is 0.254 e. The Morgan fingerprint density at radius 3 is 2.22 bits per heavy atom. The van der Waals surface area contributed by atoms with E-state index in [9.17, 15) is 9.59 Å². The van der Waals surface area contributed by atoms with E-state index in [1.165, 1.54) is 0 Å². The summed E-state index contributed by atoms with van der Waals surface area (Å²) < 4.78 is 1.75. The number of anilines is 1. The zero-order chi connectivity index (χ0) is 26.5. The zero-order valence-electron chi connectivity index (χ0n) is 21.5. The van der Waals surface area contributed by atoms with Gasteiger partial charge < -0.3 is 10.2 Å². The summed E-state index contributed by atoms with van der Waals surface area (Å²) in [6, 6.07) is 24.5. The molecule has 3 aromatic carbocycles. The van der Waals surface area contributed by atoms with Crippen LogP contribution in [0.5, 0.6) is 0 Å². The Bertz CT molecular complexity index is 1380. The molecule has 2 amide bonds. The van der Waals surface area contributed by atoms with E-state index in [1.54, 1.807) is 33.8 Å². The number of aromatic nitrogens is 2. The Morgan fingerprint density at radius 1 is 0.946 bits per heavy atom. The molecule has 37 heavy (non-hydrogen) atoms. The highest BCUT2D eigenvalue weighted by atomic mass is 35.5. The van der Waals surface area contributed by atoms with Crippen molar-refractivity contribution in [3.8, 4) is 16.8 Å². The molecule has 0 radical (unpaired) electrons. The number of hydrogen-bond acceptors (Lipinski definition) is 3. The van der Waals surface area contributed by atoms with Gasteiger partial charge in [-0.3, -0.25) is 9.59 Å². The molecule has 4 rings (SSSR count). The molecule has 1 aromatic heterocycles. The van der Waals surface area contributed by atoms with Crippen molar-refractivity contribution in [2.45, 2.75) is 27.7 Å². The first-order chi connectivity index (χ1) is 17.7. The van der Waals surface area contributed by atoms with Crippen LogP contribution in [0.1, 0.15) is 35.5 Å². The van der Waals surface area contributed by atoms with E-state index in [-0.39, 0.29) is 24.3 Å². The van der Waals surface area contributed by atoms with E-state index in [4.69, 9.17) is 16.7 Å². The van der Waals surface area contributed by atoms with Gasteiger partial charge in [-0.2, -0.15) is 5.10 Å². The average molecular weight is 515 g/mol. The summed E-state index contributed by atoms with van der Waals surface area (Å²) in [6.07, 6.45) is 0. The molecule has 4 aromatic rings. The van der Waals surface area contributed by atoms with E-state index in [0.29, 0.717) is 22.9 Å². The van der Waals surface area contributed by atoms with Gasteiger partial charge in [-0.1, -0.05) is 73.5 Å². The predicted octanol–water partition coefficient (Wildman–Crippen LogP) is 6.55. The number of amides is 2. The molecule has 190 valence electrons. The van der Waals surface area contributed by atoms with Gasteiger partial charge in [0.25, 0.3) is 5.91 Å².